The Bertz CT molecular complexity index is 1020. The molecule has 1 unspecified atom stereocenters. The van der Waals surface area contributed by atoms with Crippen molar-refractivity contribution < 1.29 is 14.8 Å². The highest BCUT2D eigenvalue weighted by molar-refractivity contribution is 6.31. The topological polar surface area (TPSA) is 117 Å². The zero-order valence-corrected chi connectivity index (χ0v) is 18.0. The van der Waals surface area contributed by atoms with Crippen molar-refractivity contribution in [1.29, 1.82) is 0 Å². The fourth-order valence-electron chi connectivity index (χ4n) is 3.82. The molecular formula is C23H27ClN4O3. The van der Waals surface area contributed by atoms with E-state index >= 15 is 0 Å². The van der Waals surface area contributed by atoms with Crippen molar-refractivity contribution in [2.75, 3.05) is 11.9 Å². The van der Waals surface area contributed by atoms with Gasteiger partial charge in [-0.2, -0.15) is 0 Å². The second kappa shape index (κ2) is 10.4. The number of unbranched alkanes of at least 4 members (excludes halogenated alkanes) is 3. The Morgan fingerprint density at radius 1 is 1.19 bits per heavy atom. The minimum atomic E-state index is -0.769. The van der Waals surface area contributed by atoms with Crippen LogP contribution in [0.4, 0.5) is 5.69 Å². The van der Waals surface area contributed by atoms with Gasteiger partial charge in [0.2, 0.25) is 5.91 Å². The number of hydrogen-bond donors (Lipinski definition) is 4. The Morgan fingerprint density at radius 3 is 2.71 bits per heavy atom. The van der Waals surface area contributed by atoms with Crippen LogP contribution in [0, 0.1) is 5.41 Å². The maximum absolute atomic E-state index is 12.0. The van der Waals surface area contributed by atoms with Crippen LogP contribution >= 0.6 is 11.6 Å². The van der Waals surface area contributed by atoms with Gasteiger partial charge in [-0.15, -0.1) is 0 Å². The lowest BCUT2D eigenvalue weighted by atomic mass is 9.75. The summed E-state index contributed by atoms with van der Waals surface area (Å²) < 4.78 is 0. The predicted molar refractivity (Wildman–Crippen MR) is 122 cm³/mol. The van der Waals surface area contributed by atoms with E-state index in [2.05, 4.69) is 10.3 Å². The molecule has 0 fully saturated rings. The highest BCUT2D eigenvalue weighted by Gasteiger charge is 2.34. The number of pyridine rings is 1. The largest absolute Gasteiger partial charge is 0.384 e. The van der Waals surface area contributed by atoms with Crippen LogP contribution < -0.4 is 16.5 Å². The van der Waals surface area contributed by atoms with Crippen molar-refractivity contribution in [2.24, 2.45) is 11.1 Å². The Kier molecular flexibility index (Phi) is 7.65. The van der Waals surface area contributed by atoms with E-state index in [1.54, 1.807) is 29.9 Å². The van der Waals surface area contributed by atoms with E-state index in [-0.39, 0.29) is 0 Å². The number of carbonyl (C=O) groups excluding carboxylic acids is 2. The van der Waals surface area contributed by atoms with Gasteiger partial charge in [0.15, 0.2) is 0 Å². The molecule has 0 spiro atoms. The van der Waals surface area contributed by atoms with Gasteiger partial charge < -0.3 is 11.1 Å². The van der Waals surface area contributed by atoms with Crippen molar-refractivity contribution in [3.63, 3.8) is 0 Å². The van der Waals surface area contributed by atoms with Crippen LogP contribution in [-0.4, -0.2) is 28.6 Å². The van der Waals surface area contributed by atoms with Gasteiger partial charge in [0.05, 0.1) is 10.9 Å². The van der Waals surface area contributed by atoms with Gasteiger partial charge in [-0.1, -0.05) is 49.1 Å². The van der Waals surface area contributed by atoms with E-state index < -0.39 is 17.2 Å². The van der Waals surface area contributed by atoms with E-state index in [0.29, 0.717) is 23.4 Å². The number of allylic oxidation sites excluding steroid dienone is 1. The van der Waals surface area contributed by atoms with E-state index in [0.717, 1.165) is 48.8 Å². The molecule has 0 bridgehead atoms. The lowest BCUT2D eigenvalue weighted by Crippen LogP contribution is -2.37. The van der Waals surface area contributed by atoms with Crippen molar-refractivity contribution in [3.05, 3.63) is 59.3 Å². The highest BCUT2D eigenvalue weighted by Crippen LogP contribution is 2.35. The highest BCUT2D eigenvalue weighted by atomic mass is 35.5. The van der Waals surface area contributed by atoms with Gasteiger partial charge in [0, 0.05) is 34.4 Å². The molecule has 1 aliphatic carbocycles. The van der Waals surface area contributed by atoms with E-state index in [1.165, 1.54) is 0 Å². The molecule has 2 amide bonds. The van der Waals surface area contributed by atoms with Gasteiger partial charge in [-0.3, -0.25) is 19.8 Å². The van der Waals surface area contributed by atoms with Gasteiger partial charge in [-0.25, -0.2) is 5.48 Å². The lowest BCUT2D eigenvalue weighted by Gasteiger charge is -2.28. The summed E-state index contributed by atoms with van der Waals surface area (Å²) in [4.78, 5) is 27.9. The zero-order valence-electron chi connectivity index (χ0n) is 17.2. The SMILES string of the molecule is NC(=O)C1(CCCCCCNc2ccnc3cc(Cl)ccc23)C=CC(C(=O)NO)=CC1. The fourth-order valence-corrected chi connectivity index (χ4v) is 3.99. The first-order chi connectivity index (χ1) is 14.9. The molecule has 0 aliphatic heterocycles. The molecule has 5 N–H and O–H groups in total. The number of halogens is 1. The van der Waals surface area contributed by atoms with Crippen LogP contribution in [-0.2, 0) is 9.59 Å². The van der Waals surface area contributed by atoms with Gasteiger partial charge in [0.25, 0.3) is 5.91 Å². The molecule has 1 aliphatic rings. The van der Waals surface area contributed by atoms with Crippen LogP contribution in [0.2, 0.25) is 5.02 Å². The first-order valence-electron chi connectivity index (χ1n) is 10.4. The Hall–Kier alpha value is -2.90. The number of nitrogens with one attached hydrogen (secondary N) is 2. The smallest absolute Gasteiger partial charge is 0.274 e. The molecule has 31 heavy (non-hydrogen) atoms. The molecule has 0 radical (unpaired) electrons. The fraction of sp³-hybridized carbons (Fsp3) is 0.348. The summed E-state index contributed by atoms with van der Waals surface area (Å²) in [6, 6.07) is 7.64. The second-order valence-corrected chi connectivity index (χ2v) is 8.21. The van der Waals surface area contributed by atoms with Crippen LogP contribution in [0.1, 0.15) is 38.5 Å². The lowest BCUT2D eigenvalue weighted by molar-refractivity contribution is -0.126. The summed E-state index contributed by atoms with van der Waals surface area (Å²) in [5.74, 6) is -0.985. The first kappa shape index (κ1) is 22.8. The molecular weight excluding hydrogens is 416 g/mol. The number of primary amides is 1. The summed E-state index contributed by atoms with van der Waals surface area (Å²) >= 11 is 6.03. The standard InChI is InChI=1S/C23H27ClN4O3/c24-17-5-6-18-19(9-14-27-20(18)15-17)26-13-4-2-1-3-10-23(22(25)30)11-7-16(8-12-23)21(29)28-31/h5-9,11,14-15,31H,1-4,10,12-13H2,(H2,25,30)(H,26,27)(H,28,29). The maximum Gasteiger partial charge on any atom is 0.274 e. The second-order valence-electron chi connectivity index (χ2n) is 7.77. The number of nitrogens with two attached hydrogens (primary N) is 1. The van der Waals surface area contributed by atoms with E-state index in [4.69, 9.17) is 22.5 Å². The molecule has 7 nitrogen and oxygen atoms in total. The number of hydroxylamine groups is 1. The van der Waals surface area contributed by atoms with Gasteiger partial charge >= 0.3 is 0 Å². The summed E-state index contributed by atoms with van der Waals surface area (Å²) in [6.45, 7) is 0.838. The van der Waals surface area contributed by atoms with Crippen LogP contribution in [0.5, 0.6) is 0 Å². The van der Waals surface area contributed by atoms with E-state index in [9.17, 15) is 9.59 Å². The number of anilines is 1. The predicted octanol–water partition coefficient (Wildman–Crippen LogP) is 4.11. The maximum atomic E-state index is 12.0. The number of carbonyl (C=O) groups is 2. The molecule has 1 heterocycles. The van der Waals surface area contributed by atoms with Crippen molar-refractivity contribution in [3.8, 4) is 0 Å². The average molecular weight is 443 g/mol. The van der Waals surface area contributed by atoms with Gasteiger partial charge in [-0.05, 0) is 43.5 Å². The third-order valence-electron chi connectivity index (χ3n) is 5.69. The number of benzene rings is 1. The number of rotatable bonds is 10. The minimum Gasteiger partial charge on any atom is -0.384 e. The Morgan fingerprint density at radius 2 is 2.00 bits per heavy atom. The summed E-state index contributed by atoms with van der Waals surface area (Å²) in [5.41, 5.74) is 8.71. The molecule has 0 saturated heterocycles. The summed E-state index contributed by atoms with van der Waals surface area (Å²) in [7, 11) is 0. The average Bonchev–Trinajstić information content (AvgIpc) is 2.78. The molecule has 164 valence electrons. The monoisotopic (exact) mass is 442 g/mol. The third kappa shape index (κ3) is 5.62. The number of fused-ring (bicyclic) bond motifs is 1. The van der Waals surface area contributed by atoms with Gasteiger partial charge in [0.1, 0.15) is 0 Å². The number of amides is 2. The molecule has 1 atom stereocenters. The number of nitrogens with zero attached hydrogens (tertiary/aromatic N) is 1. The Balaban J connectivity index is 1.42. The molecule has 1 aromatic carbocycles. The summed E-state index contributed by atoms with van der Waals surface area (Å²) in [5, 5.41) is 13.9. The van der Waals surface area contributed by atoms with Crippen molar-refractivity contribution >= 4 is 40.0 Å². The molecule has 0 saturated carbocycles. The third-order valence-corrected chi connectivity index (χ3v) is 5.93. The molecule has 3 rings (SSSR count). The number of hydrogen-bond acceptors (Lipinski definition) is 5. The Labute approximate surface area is 186 Å². The quantitative estimate of drug-likeness (QED) is 0.251. The zero-order chi connectivity index (χ0) is 22.3. The molecule has 8 heteroatoms. The van der Waals surface area contributed by atoms with Crippen LogP contribution in [0.15, 0.2) is 54.3 Å². The van der Waals surface area contributed by atoms with E-state index in [1.807, 2.05) is 24.3 Å². The van der Waals surface area contributed by atoms with Crippen molar-refractivity contribution in [1.82, 2.24) is 10.5 Å². The normalized spacial score (nSPS) is 17.9. The molecule has 2 aromatic rings. The minimum absolute atomic E-state index is 0.330. The van der Waals surface area contributed by atoms with Crippen LogP contribution in [0.25, 0.3) is 10.9 Å². The summed E-state index contributed by atoms with van der Waals surface area (Å²) in [6.07, 6.45) is 11.5. The first-order valence-corrected chi connectivity index (χ1v) is 10.7. The number of aromatic nitrogens is 1. The molecule has 1 aromatic heterocycles. The van der Waals surface area contributed by atoms with Crippen LogP contribution in [0.3, 0.4) is 0 Å². The van der Waals surface area contributed by atoms with Crippen molar-refractivity contribution in [2.45, 2.75) is 38.5 Å².